The molecule has 1 aromatic carbocycles. The van der Waals surface area contributed by atoms with Gasteiger partial charge in [-0.1, -0.05) is 50.5 Å². The first-order valence-corrected chi connectivity index (χ1v) is 8.75. The second kappa shape index (κ2) is 13.5. The molecule has 138 valence electrons. The third kappa shape index (κ3) is 9.47. The minimum atomic E-state index is 0. The molecule has 2 N–H and O–H groups in total. The van der Waals surface area contributed by atoms with Crippen LogP contribution in [0.4, 0.5) is 0 Å². The zero-order chi connectivity index (χ0) is 17.1. The maximum Gasteiger partial charge on any atom is 0.191 e. The topological polar surface area (TPSA) is 39.7 Å². The Labute approximate surface area is 165 Å². The maximum atomic E-state index is 4.35. The van der Waals surface area contributed by atoms with E-state index in [0.717, 1.165) is 19.0 Å². The Bertz CT molecular complexity index is 474. The molecule has 0 saturated heterocycles. The summed E-state index contributed by atoms with van der Waals surface area (Å²) < 4.78 is 0. The molecule has 24 heavy (non-hydrogen) atoms. The first-order chi connectivity index (χ1) is 11.1. The summed E-state index contributed by atoms with van der Waals surface area (Å²) in [6, 6.07) is 9.03. The van der Waals surface area contributed by atoms with Crippen molar-refractivity contribution in [2.24, 2.45) is 4.99 Å². The summed E-state index contributed by atoms with van der Waals surface area (Å²) >= 11 is 0. The van der Waals surface area contributed by atoms with Crippen molar-refractivity contribution in [3.63, 3.8) is 0 Å². The van der Waals surface area contributed by atoms with E-state index in [0.29, 0.717) is 6.04 Å². The third-order valence-electron chi connectivity index (χ3n) is 3.90. The first-order valence-electron chi connectivity index (χ1n) is 8.75. The van der Waals surface area contributed by atoms with Crippen LogP contribution in [0.5, 0.6) is 0 Å². The summed E-state index contributed by atoms with van der Waals surface area (Å²) in [7, 11) is 6.03. The molecule has 1 rings (SSSR count). The second-order valence-electron chi connectivity index (χ2n) is 6.47. The number of nitrogens with zero attached hydrogens (tertiary/aromatic N) is 2. The van der Waals surface area contributed by atoms with Gasteiger partial charge in [0.05, 0.1) is 0 Å². The van der Waals surface area contributed by atoms with E-state index in [1.54, 1.807) is 0 Å². The van der Waals surface area contributed by atoms with Crippen molar-refractivity contribution in [2.75, 3.05) is 21.1 Å². The molecular formula is C19H35IN4. The molecule has 0 aromatic heterocycles. The van der Waals surface area contributed by atoms with E-state index in [2.05, 4.69) is 72.7 Å². The highest BCUT2D eigenvalue weighted by Gasteiger charge is 2.07. The number of hydrogen-bond donors (Lipinski definition) is 2. The summed E-state index contributed by atoms with van der Waals surface area (Å²) in [5.41, 5.74) is 2.68. The number of halogens is 1. The zero-order valence-electron chi connectivity index (χ0n) is 15.9. The summed E-state index contributed by atoms with van der Waals surface area (Å²) in [4.78, 5) is 6.54. The normalized spacial score (nSPS) is 12.7. The number of rotatable bonds is 9. The predicted molar refractivity (Wildman–Crippen MR) is 116 cm³/mol. The van der Waals surface area contributed by atoms with Gasteiger partial charge in [-0.15, -0.1) is 24.0 Å². The molecule has 0 saturated carbocycles. The van der Waals surface area contributed by atoms with Crippen molar-refractivity contribution < 1.29 is 0 Å². The minimum absolute atomic E-state index is 0. The third-order valence-corrected chi connectivity index (χ3v) is 3.90. The fourth-order valence-electron chi connectivity index (χ4n) is 2.60. The highest BCUT2D eigenvalue weighted by molar-refractivity contribution is 14.0. The highest BCUT2D eigenvalue weighted by Crippen LogP contribution is 2.10. The largest absolute Gasteiger partial charge is 0.354 e. The van der Waals surface area contributed by atoms with E-state index in [9.17, 15) is 0 Å². The van der Waals surface area contributed by atoms with Gasteiger partial charge in [0, 0.05) is 26.2 Å². The van der Waals surface area contributed by atoms with Crippen molar-refractivity contribution in [1.82, 2.24) is 15.5 Å². The van der Waals surface area contributed by atoms with Crippen molar-refractivity contribution in [3.8, 4) is 0 Å². The fraction of sp³-hybridized carbons (Fsp3) is 0.632. The molecule has 1 atom stereocenters. The van der Waals surface area contributed by atoms with E-state index in [1.165, 1.54) is 36.8 Å². The molecule has 4 nitrogen and oxygen atoms in total. The smallest absolute Gasteiger partial charge is 0.191 e. The number of aliphatic imine (C=N–C) groups is 1. The van der Waals surface area contributed by atoms with Gasteiger partial charge in [0.2, 0.25) is 0 Å². The van der Waals surface area contributed by atoms with Crippen molar-refractivity contribution >= 4 is 29.9 Å². The number of benzene rings is 1. The van der Waals surface area contributed by atoms with Crippen molar-refractivity contribution in [2.45, 2.75) is 58.7 Å². The predicted octanol–water partition coefficient (Wildman–Crippen LogP) is 4.00. The van der Waals surface area contributed by atoms with Crippen LogP contribution in [0.1, 0.15) is 50.7 Å². The Morgan fingerprint density at radius 2 is 1.83 bits per heavy atom. The highest BCUT2D eigenvalue weighted by atomic mass is 127. The van der Waals surface area contributed by atoms with Crippen molar-refractivity contribution in [3.05, 3.63) is 35.4 Å². The van der Waals surface area contributed by atoms with Gasteiger partial charge in [0.15, 0.2) is 5.96 Å². The van der Waals surface area contributed by atoms with Crippen LogP contribution in [0.25, 0.3) is 0 Å². The molecule has 0 aliphatic rings. The molecule has 0 spiro atoms. The van der Waals surface area contributed by atoms with Gasteiger partial charge in [-0.05, 0) is 38.6 Å². The van der Waals surface area contributed by atoms with Crippen LogP contribution >= 0.6 is 24.0 Å². The molecule has 0 heterocycles. The fourth-order valence-corrected chi connectivity index (χ4v) is 2.60. The molecule has 0 fully saturated rings. The number of guanidine groups is 1. The molecule has 0 aliphatic heterocycles. The van der Waals surface area contributed by atoms with E-state index < -0.39 is 0 Å². The van der Waals surface area contributed by atoms with Crippen LogP contribution < -0.4 is 10.6 Å². The van der Waals surface area contributed by atoms with Crippen LogP contribution in [0.2, 0.25) is 0 Å². The Hall–Kier alpha value is -0.820. The van der Waals surface area contributed by atoms with Crippen LogP contribution in [0.15, 0.2) is 29.3 Å². The van der Waals surface area contributed by atoms with Gasteiger partial charge in [0.25, 0.3) is 0 Å². The Balaban J connectivity index is 0.00000529. The number of nitrogens with one attached hydrogen (secondary N) is 2. The zero-order valence-corrected chi connectivity index (χ0v) is 18.3. The molecule has 5 heteroatoms. The summed E-state index contributed by atoms with van der Waals surface area (Å²) in [5.74, 6) is 0.883. The van der Waals surface area contributed by atoms with E-state index in [1.807, 2.05) is 7.05 Å². The summed E-state index contributed by atoms with van der Waals surface area (Å²) in [5, 5.41) is 6.93. The van der Waals surface area contributed by atoms with E-state index in [4.69, 9.17) is 0 Å². The SMILES string of the molecule is CCCCCC(C)NC(=NC)NCc1ccccc1CN(C)C.I. The molecule has 0 amide bonds. The maximum absolute atomic E-state index is 4.35. The van der Waals surface area contributed by atoms with Crippen LogP contribution in [-0.4, -0.2) is 38.0 Å². The molecule has 0 aliphatic carbocycles. The van der Waals surface area contributed by atoms with Gasteiger partial charge in [0.1, 0.15) is 0 Å². The monoisotopic (exact) mass is 446 g/mol. The lowest BCUT2D eigenvalue weighted by Gasteiger charge is -2.19. The molecule has 0 bridgehead atoms. The van der Waals surface area contributed by atoms with Gasteiger partial charge in [-0.3, -0.25) is 4.99 Å². The average molecular weight is 446 g/mol. The van der Waals surface area contributed by atoms with E-state index in [-0.39, 0.29) is 24.0 Å². The second-order valence-corrected chi connectivity index (χ2v) is 6.47. The van der Waals surface area contributed by atoms with Gasteiger partial charge in [-0.25, -0.2) is 0 Å². The van der Waals surface area contributed by atoms with Gasteiger partial charge < -0.3 is 15.5 Å². The van der Waals surface area contributed by atoms with Crippen LogP contribution in [-0.2, 0) is 13.1 Å². The van der Waals surface area contributed by atoms with Gasteiger partial charge >= 0.3 is 0 Å². The Kier molecular flexibility index (Phi) is 13.0. The Morgan fingerprint density at radius 3 is 2.42 bits per heavy atom. The Morgan fingerprint density at radius 1 is 1.17 bits per heavy atom. The molecule has 1 aromatic rings. The lowest BCUT2D eigenvalue weighted by atomic mass is 10.1. The molecular weight excluding hydrogens is 411 g/mol. The standard InChI is InChI=1S/C19H34N4.HI/c1-6-7-8-11-16(2)22-19(20-3)21-14-17-12-9-10-13-18(17)15-23(4)5;/h9-10,12-13,16H,6-8,11,14-15H2,1-5H3,(H2,20,21,22);1H. The number of unbranched alkanes of at least 4 members (excludes halogenated alkanes) is 2. The lowest BCUT2D eigenvalue weighted by Crippen LogP contribution is -2.42. The average Bonchev–Trinajstić information content (AvgIpc) is 2.52. The van der Waals surface area contributed by atoms with Gasteiger partial charge in [-0.2, -0.15) is 0 Å². The summed E-state index contributed by atoms with van der Waals surface area (Å²) in [6.07, 6.45) is 5.03. The van der Waals surface area contributed by atoms with Crippen molar-refractivity contribution in [1.29, 1.82) is 0 Å². The molecule has 0 radical (unpaired) electrons. The molecule has 1 unspecified atom stereocenters. The van der Waals surface area contributed by atoms with Crippen LogP contribution in [0.3, 0.4) is 0 Å². The first kappa shape index (κ1) is 23.2. The quantitative estimate of drug-likeness (QED) is 0.261. The number of hydrogen-bond acceptors (Lipinski definition) is 2. The lowest BCUT2D eigenvalue weighted by molar-refractivity contribution is 0.400. The minimum Gasteiger partial charge on any atom is -0.354 e. The summed E-state index contributed by atoms with van der Waals surface area (Å²) in [6.45, 7) is 6.22. The van der Waals surface area contributed by atoms with Crippen LogP contribution in [0, 0.1) is 0 Å². The van der Waals surface area contributed by atoms with E-state index >= 15 is 0 Å².